The number of nitrogens with one attached hydrogen (secondary N) is 2. The third kappa shape index (κ3) is 3.36. The van der Waals surface area contributed by atoms with Gasteiger partial charge in [0.25, 0.3) is 0 Å². The minimum Gasteiger partial charge on any atom is -0.462 e. The fourth-order valence-electron chi connectivity index (χ4n) is 2.33. The van der Waals surface area contributed by atoms with Crippen LogP contribution in [0.2, 0.25) is 0 Å². The summed E-state index contributed by atoms with van der Waals surface area (Å²) in [6.07, 6.45) is 0. The maximum Gasteiger partial charge on any atom is 0.338 e. The van der Waals surface area contributed by atoms with E-state index in [-0.39, 0.29) is 17.8 Å². The van der Waals surface area contributed by atoms with Gasteiger partial charge >= 0.3 is 5.97 Å². The first-order valence-electron chi connectivity index (χ1n) is 6.90. The second kappa shape index (κ2) is 6.52. The molecule has 2 N–H and O–H groups in total. The van der Waals surface area contributed by atoms with Crippen LogP contribution in [0.3, 0.4) is 0 Å². The average Bonchev–Trinajstić information content (AvgIpc) is 2.85. The van der Waals surface area contributed by atoms with E-state index in [4.69, 9.17) is 4.74 Å². The number of hydrogen-bond acceptors (Lipinski definition) is 4. The number of hydrogen-bond donors (Lipinski definition) is 2. The molecule has 0 bridgehead atoms. The van der Waals surface area contributed by atoms with Crippen LogP contribution in [0.1, 0.15) is 24.2 Å². The van der Waals surface area contributed by atoms with Crippen molar-refractivity contribution < 1.29 is 14.3 Å². The standard InChI is InChI=1S/C15H20N2O3/c1-3-20-15(19)11-5-4-6-12(7-11)17-14(18)13-9-16-8-10(13)2/h4-7,10,13,16H,3,8-9H2,1-2H3,(H,17,18)/t10-,13-/m1/s1. The summed E-state index contributed by atoms with van der Waals surface area (Å²) in [5.74, 6) is -0.0903. The molecule has 1 amide bonds. The lowest BCUT2D eigenvalue weighted by Gasteiger charge is -2.14. The fraction of sp³-hybridized carbons (Fsp3) is 0.467. The topological polar surface area (TPSA) is 67.4 Å². The molecule has 0 saturated carbocycles. The minimum atomic E-state index is -0.375. The van der Waals surface area contributed by atoms with E-state index in [1.807, 2.05) is 0 Å². The Kier molecular flexibility index (Phi) is 4.74. The molecule has 0 unspecified atom stereocenters. The highest BCUT2D eigenvalue weighted by molar-refractivity contribution is 5.95. The van der Waals surface area contributed by atoms with Crippen LogP contribution in [0.5, 0.6) is 0 Å². The van der Waals surface area contributed by atoms with Crippen molar-refractivity contribution in [1.82, 2.24) is 5.32 Å². The number of carbonyl (C=O) groups is 2. The van der Waals surface area contributed by atoms with Crippen molar-refractivity contribution >= 4 is 17.6 Å². The third-order valence-electron chi connectivity index (χ3n) is 3.50. The van der Waals surface area contributed by atoms with Gasteiger partial charge in [0, 0.05) is 12.2 Å². The Morgan fingerprint density at radius 2 is 2.20 bits per heavy atom. The summed E-state index contributed by atoms with van der Waals surface area (Å²) in [4.78, 5) is 23.8. The van der Waals surface area contributed by atoms with Gasteiger partial charge in [-0.1, -0.05) is 13.0 Å². The van der Waals surface area contributed by atoms with Crippen LogP contribution in [0.25, 0.3) is 0 Å². The molecular formula is C15H20N2O3. The van der Waals surface area contributed by atoms with Crippen molar-refractivity contribution in [1.29, 1.82) is 0 Å². The Balaban J connectivity index is 2.04. The monoisotopic (exact) mass is 276 g/mol. The molecule has 20 heavy (non-hydrogen) atoms. The van der Waals surface area contributed by atoms with Crippen LogP contribution in [0.4, 0.5) is 5.69 Å². The van der Waals surface area contributed by atoms with Crippen molar-refractivity contribution in [3.8, 4) is 0 Å². The fourth-order valence-corrected chi connectivity index (χ4v) is 2.33. The zero-order valence-electron chi connectivity index (χ0n) is 11.8. The van der Waals surface area contributed by atoms with Crippen LogP contribution in [-0.4, -0.2) is 31.6 Å². The number of amides is 1. The van der Waals surface area contributed by atoms with Crippen molar-refractivity contribution in [2.45, 2.75) is 13.8 Å². The first kappa shape index (κ1) is 14.5. The van der Waals surface area contributed by atoms with E-state index in [0.717, 1.165) is 6.54 Å². The quantitative estimate of drug-likeness (QED) is 0.821. The molecule has 108 valence electrons. The lowest BCUT2D eigenvalue weighted by Crippen LogP contribution is -2.27. The van der Waals surface area contributed by atoms with Gasteiger partial charge in [0.05, 0.1) is 18.1 Å². The third-order valence-corrected chi connectivity index (χ3v) is 3.50. The molecule has 0 spiro atoms. The predicted octanol–water partition coefficient (Wildman–Crippen LogP) is 1.66. The van der Waals surface area contributed by atoms with E-state index in [1.165, 1.54) is 0 Å². The van der Waals surface area contributed by atoms with Crippen molar-refractivity contribution in [3.63, 3.8) is 0 Å². The number of ether oxygens (including phenoxy) is 1. The zero-order chi connectivity index (χ0) is 14.5. The summed E-state index contributed by atoms with van der Waals surface area (Å²) in [7, 11) is 0. The van der Waals surface area contributed by atoms with Crippen LogP contribution < -0.4 is 10.6 Å². The minimum absolute atomic E-state index is 0.0106. The molecule has 1 fully saturated rings. The summed E-state index contributed by atoms with van der Waals surface area (Å²) in [5.41, 5.74) is 1.07. The van der Waals surface area contributed by atoms with Gasteiger partial charge in [0.15, 0.2) is 0 Å². The molecule has 1 saturated heterocycles. The highest BCUT2D eigenvalue weighted by Crippen LogP contribution is 2.19. The van der Waals surface area contributed by atoms with E-state index in [9.17, 15) is 9.59 Å². The maximum absolute atomic E-state index is 12.2. The Hall–Kier alpha value is -1.88. The Labute approximate surface area is 118 Å². The summed E-state index contributed by atoms with van der Waals surface area (Å²) < 4.78 is 4.94. The summed E-state index contributed by atoms with van der Waals surface area (Å²) in [6, 6.07) is 6.82. The van der Waals surface area contributed by atoms with E-state index in [2.05, 4.69) is 17.6 Å². The molecule has 5 nitrogen and oxygen atoms in total. The van der Waals surface area contributed by atoms with Crippen LogP contribution in [0.15, 0.2) is 24.3 Å². The van der Waals surface area contributed by atoms with Gasteiger partial charge in [-0.25, -0.2) is 4.79 Å². The SMILES string of the molecule is CCOC(=O)c1cccc(NC(=O)[C@@H]2CNC[C@H]2C)c1. The number of anilines is 1. The van der Waals surface area contributed by atoms with Crippen molar-refractivity contribution in [3.05, 3.63) is 29.8 Å². The van der Waals surface area contributed by atoms with E-state index < -0.39 is 0 Å². The maximum atomic E-state index is 12.2. The number of benzene rings is 1. The number of rotatable bonds is 4. The van der Waals surface area contributed by atoms with Crippen LogP contribution in [-0.2, 0) is 9.53 Å². The van der Waals surface area contributed by atoms with E-state index in [1.54, 1.807) is 31.2 Å². The van der Waals surface area contributed by atoms with E-state index >= 15 is 0 Å². The van der Waals surface area contributed by atoms with Gasteiger partial charge in [0.1, 0.15) is 0 Å². The van der Waals surface area contributed by atoms with Gasteiger partial charge in [0.2, 0.25) is 5.91 Å². The number of carbonyl (C=O) groups excluding carboxylic acids is 2. The first-order chi connectivity index (χ1) is 9.61. The molecule has 0 aliphatic carbocycles. The molecule has 1 aromatic carbocycles. The van der Waals surface area contributed by atoms with Gasteiger partial charge in [-0.3, -0.25) is 4.79 Å². The molecule has 1 aromatic rings. The second-order valence-electron chi connectivity index (χ2n) is 5.03. The molecule has 5 heteroatoms. The Morgan fingerprint density at radius 3 is 2.85 bits per heavy atom. The first-order valence-corrected chi connectivity index (χ1v) is 6.90. The molecule has 1 heterocycles. The molecular weight excluding hydrogens is 256 g/mol. The zero-order valence-corrected chi connectivity index (χ0v) is 11.8. The van der Waals surface area contributed by atoms with Gasteiger partial charge in [-0.2, -0.15) is 0 Å². The second-order valence-corrected chi connectivity index (χ2v) is 5.03. The molecule has 0 aromatic heterocycles. The predicted molar refractivity (Wildman–Crippen MR) is 76.6 cm³/mol. The summed E-state index contributed by atoms with van der Waals surface area (Å²) >= 11 is 0. The molecule has 2 atom stereocenters. The summed E-state index contributed by atoms with van der Waals surface area (Å²) in [5, 5.41) is 6.07. The Bertz CT molecular complexity index is 502. The average molecular weight is 276 g/mol. The molecule has 1 aliphatic heterocycles. The van der Waals surface area contributed by atoms with E-state index in [0.29, 0.717) is 30.3 Å². The highest BCUT2D eigenvalue weighted by Gasteiger charge is 2.29. The number of esters is 1. The highest BCUT2D eigenvalue weighted by atomic mass is 16.5. The van der Waals surface area contributed by atoms with Gasteiger partial charge in [-0.15, -0.1) is 0 Å². The Morgan fingerprint density at radius 1 is 1.40 bits per heavy atom. The van der Waals surface area contributed by atoms with Gasteiger partial charge < -0.3 is 15.4 Å². The lowest BCUT2D eigenvalue weighted by molar-refractivity contribution is -0.120. The smallest absolute Gasteiger partial charge is 0.338 e. The molecule has 0 radical (unpaired) electrons. The normalized spacial score (nSPS) is 21.5. The molecule has 1 aliphatic rings. The van der Waals surface area contributed by atoms with Crippen LogP contribution in [0, 0.1) is 11.8 Å². The lowest BCUT2D eigenvalue weighted by atomic mass is 9.97. The van der Waals surface area contributed by atoms with Gasteiger partial charge in [-0.05, 0) is 37.6 Å². The summed E-state index contributed by atoms with van der Waals surface area (Å²) in [6.45, 7) is 5.71. The van der Waals surface area contributed by atoms with Crippen molar-refractivity contribution in [2.75, 3.05) is 25.0 Å². The molecule has 2 rings (SSSR count). The van der Waals surface area contributed by atoms with Crippen molar-refractivity contribution in [2.24, 2.45) is 11.8 Å². The largest absolute Gasteiger partial charge is 0.462 e. The van der Waals surface area contributed by atoms with Crippen LogP contribution >= 0.6 is 0 Å².